The number of rotatable bonds is 6. The van der Waals surface area contributed by atoms with Crippen LogP contribution in [0.1, 0.15) is 20.3 Å². The molecule has 0 aromatic rings. The number of urea groups is 1. The first kappa shape index (κ1) is 19.1. The summed E-state index contributed by atoms with van der Waals surface area (Å²) in [6.45, 7) is 7.72. The molecule has 0 saturated carbocycles. The normalized spacial score (nSPS) is 18.7. The van der Waals surface area contributed by atoms with E-state index in [0.29, 0.717) is 24.9 Å². The lowest BCUT2D eigenvalue weighted by atomic mass is 10.1. The molecule has 3 N–H and O–H groups in total. The van der Waals surface area contributed by atoms with Crippen molar-refractivity contribution in [3.63, 3.8) is 0 Å². The summed E-state index contributed by atoms with van der Waals surface area (Å²) in [5, 5.41) is 8.18. The number of carbonyl (C=O) groups is 2. The highest BCUT2D eigenvalue weighted by molar-refractivity contribution is 5.95. The molecule has 1 rings (SSSR count). The summed E-state index contributed by atoms with van der Waals surface area (Å²) in [6, 6.07) is -0.398. The largest absolute Gasteiger partial charge is 0.338 e. The SMILES string of the molecule is CNCC1CCN(CC(=O)NC(=O)NCC(C)C)C1.Cl. The van der Waals surface area contributed by atoms with E-state index in [9.17, 15) is 9.59 Å². The van der Waals surface area contributed by atoms with Gasteiger partial charge in [0.1, 0.15) is 0 Å². The maximum Gasteiger partial charge on any atom is 0.321 e. The van der Waals surface area contributed by atoms with Crippen LogP contribution in [0.3, 0.4) is 0 Å². The molecule has 6 nitrogen and oxygen atoms in total. The number of amides is 3. The van der Waals surface area contributed by atoms with Crippen molar-refractivity contribution in [1.82, 2.24) is 20.9 Å². The number of halogens is 1. The van der Waals surface area contributed by atoms with Crippen molar-refractivity contribution in [2.24, 2.45) is 11.8 Å². The Morgan fingerprint density at radius 2 is 2.05 bits per heavy atom. The predicted octanol–water partition coefficient (Wildman–Crippen LogP) is 0.431. The van der Waals surface area contributed by atoms with Gasteiger partial charge in [-0.05, 0) is 38.4 Å². The summed E-state index contributed by atoms with van der Waals surface area (Å²) >= 11 is 0. The van der Waals surface area contributed by atoms with Gasteiger partial charge in [0.25, 0.3) is 0 Å². The van der Waals surface area contributed by atoms with Crippen LogP contribution in [0.15, 0.2) is 0 Å². The lowest BCUT2D eigenvalue weighted by molar-refractivity contribution is -0.120. The van der Waals surface area contributed by atoms with E-state index in [1.807, 2.05) is 20.9 Å². The number of nitrogens with one attached hydrogen (secondary N) is 3. The minimum absolute atomic E-state index is 0. The first-order valence-corrected chi connectivity index (χ1v) is 6.96. The van der Waals surface area contributed by atoms with Crippen LogP contribution in [0.5, 0.6) is 0 Å². The quantitative estimate of drug-likeness (QED) is 0.665. The average Bonchev–Trinajstić information content (AvgIpc) is 2.74. The van der Waals surface area contributed by atoms with Gasteiger partial charge >= 0.3 is 6.03 Å². The molecule has 118 valence electrons. The molecule has 1 saturated heterocycles. The topological polar surface area (TPSA) is 73.5 Å². The smallest absolute Gasteiger partial charge is 0.321 e. The fourth-order valence-electron chi connectivity index (χ4n) is 2.22. The molecule has 0 spiro atoms. The van der Waals surface area contributed by atoms with Crippen LogP contribution in [-0.2, 0) is 4.79 Å². The van der Waals surface area contributed by atoms with E-state index in [4.69, 9.17) is 0 Å². The van der Waals surface area contributed by atoms with E-state index in [1.54, 1.807) is 0 Å². The number of hydrogen-bond donors (Lipinski definition) is 3. The van der Waals surface area contributed by atoms with E-state index < -0.39 is 6.03 Å². The van der Waals surface area contributed by atoms with Gasteiger partial charge in [-0.2, -0.15) is 0 Å². The van der Waals surface area contributed by atoms with Crippen LogP contribution < -0.4 is 16.0 Å². The summed E-state index contributed by atoms with van der Waals surface area (Å²) in [5.41, 5.74) is 0. The second-order valence-electron chi connectivity index (χ2n) is 5.60. The van der Waals surface area contributed by atoms with Gasteiger partial charge in [0.15, 0.2) is 0 Å². The van der Waals surface area contributed by atoms with Gasteiger partial charge in [0, 0.05) is 13.1 Å². The van der Waals surface area contributed by atoms with Crippen LogP contribution in [0.2, 0.25) is 0 Å². The van der Waals surface area contributed by atoms with E-state index >= 15 is 0 Å². The molecule has 0 bridgehead atoms. The molecule has 0 aliphatic carbocycles. The van der Waals surface area contributed by atoms with Gasteiger partial charge in [-0.25, -0.2) is 4.79 Å². The van der Waals surface area contributed by atoms with Gasteiger partial charge in [-0.15, -0.1) is 12.4 Å². The number of imide groups is 1. The summed E-state index contributed by atoms with van der Waals surface area (Å²) < 4.78 is 0. The zero-order valence-electron chi connectivity index (χ0n) is 12.6. The number of hydrogen-bond acceptors (Lipinski definition) is 4. The molecule has 1 unspecified atom stereocenters. The Labute approximate surface area is 127 Å². The standard InChI is InChI=1S/C13H26N4O2.ClH/c1-10(2)6-15-13(19)16-12(18)9-17-5-4-11(8-17)7-14-3;/h10-11,14H,4-9H2,1-3H3,(H2,15,16,18,19);1H. The monoisotopic (exact) mass is 306 g/mol. The van der Waals surface area contributed by atoms with E-state index in [2.05, 4.69) is 20.9 Å². The molecule has 0 aromatic heterocycles. The van der Waals surface area contributed by atoms with Gasteiger partial charge in [-0.3, -0.25) is 15.0 Å². The molecule has 1 heterocycles. The number of nitrogens with zero attached hydrogens (tertiary/aromatic N) is 1. The number of likely N-dealkylation sites (tertiary alicyclic amines) is 1. The Kier molecular flexibility index (Phi) is 9.54. The Balaban J connectivity index is 0.00000361. The van der Waals surface area contributed by atoms with Crippen molar-refractivity contribution in [3.05, 3.63) is 0 Å². The summed E-state index contributed by atoms with van der Waals surface area (Å²) in [5.74, 6) is 0.751. The zero-order chi connectivity index (χ0) is 14.3. The van der Waals surface area contributed by atoms with Crippen molar-refractivity contribution in [2.45, 2.75) is 20.3 Å². The third kappa shape index (κ3) is 7.67. The molecule has 1 aliphatic rings. The molecular formula is C13H27ClN4O2. The molecule has 0 aromatic carbocycles. The Morgan fingerprint density at radius 1 is 1.35 bits per heavy atom. The summed E-state index contributed by atoms with van der Waals surface area (Å²) in [4.78, 5) is 25.2. The fourth-order valence-corrected chi connectivity index (χ4v) is 2.22. The third-order valence-corrected chi connectivity index (χ3v) is 3.15. The molecule has 20 heavy (non-hydrogen) atoms. The van der Waals surface area contributed by atoms with Crippen LogP contribution in [0.25, 0.3) is 0 Å². The first-order valence-electron chi connectivity index (χ1n) is 6.96. The second kappa shape index (κ2) is 9.96. The van der Waals surface area contributed by atoms with Crippen LogP contribution >= 0.6 is 12.4 Å². The zero-order valence-corrected chi connectivity index (χ0v) is 13.4. The van der Waals surface area contributed by atoms with Gasteiger partial charge in [0.2, 0.25) is 5.91 Å². The van der Waals surface area contributed by atoms with Crippen molar-refractivity contribution in [1.29, 1.82) is 0 Å². The van der Waals surface area contributed by atoms with Gasteiger partial charge in [-0.1, -0.05) is 13.8 Å². The molecular weight excluding hydrogens is 280 g/mol. The highest BCUT2D eigenvalue weighted by Crippen LogP contribution is 2.14. The van der Waals surface area contributed by atoms with Crippen LogP contribution in [-0.4, -0.2) is 56.6 Å². The molecule has 1 aliphatic heterocycles. The lowest BCUT2D eigenvalue weighted by Crippen LogP contribution is -2.45. The molecule has 3 amide bonds. The molecule has 1 atom stereocenters. The molecule has 0 radical (unpaired) electrons. The van der Waals surface area contributed by atoms with E-state index in [-0.39, 0.29) is 18.3 Å². The molecule has 7 heteroatoms. The maximum atomic E-state index is 11.7. The minimum atomic E-state index is -0.398. The molecule has 1 fully saturated rings. The predicted molar refractivity (Wildman–Crippen MR) is 82.1 cm³/mol. The van der Waals surface area contributed by atoms with Crippen molar-refractivity contribution in [2.75, 3.05) is 39.8 Å². The highest BCUT2D eigenvalue weighted by Gasteiger charge is 2.23. The van der Waals surface area contributed by atoms with Crippen molar-refractivity contribution >= 4 is 24.3 Å². The van der Waals surface area contributed by atoms with E-state index in [0.717, 1.165) is 26.1 Å². The summed E-state index contributed by atoms with van der Waals surface area (Å²) in [6.07, 6.45) is 1.10. The second-order valence-corrected chi connectivity index (χ2v) is 5.60. The highest BCUT2D eigenvalue weighted by atomic mass is 35.5. The lowest BCUT2D eigenvalue weighted by Gasteiger charge is -2.15. The Morgan fingerprint density at radius 3 is 2.65 bits per heavy atom. The maximum absolute atomic E-state index is 11.7. The van der Waals surface area contributed by atoms with Crippen LogP contribution in [0.4, 0.5) is 4.79 Å². The first-order chi connectivity index (χ1) is 9.01. The van der Waals surface area contributed by atoms with E-state index in [1.165, 1.54) is 0 Å². The Bertz CT molecular complexity index is 313. The Hall–Kier alpha value is -0.850. The van der Waals surface area contributed by atoms with Crippen LogP contribution in [0, 0.1) is 11.8 Å². The van der Waals surface area contributed by atoms with Gasteiger partial charge < -0.3 is 10.6 Å². The summed E-state index contributed by atoms with van der Waals surface area (Å²) in [7, 11) is 1.94. The average molecular weight is 307 g/mol. The third-order valence-electron chi connectivity index (χ3n) is 3.15. The minimum Gasteiger partial charge on any atom is -0.338 e. The fraction of sp³-hybridized carbons (Fsp3) is 0.846. The van der Waals surface area contributed by atoms with Crippen molar-refractivity contribution < 1.29 is 9.59 Å². The number of carbonyl (C=O) groups excluding carboxylic acids is 2. The van der Waals surface area contributed by atoms with Crippen molar-refractivity contribution in [3.8, 4) is 0 Å². The van der Waals surface area contributed by atoms with Gasteiger partial charge in [0.05, 0.1) is 6.54 Å².